The van der Waals surface area contributed by atoms with E-state index in [0.29, 0.717) is 6.42 Å². The lowest BCUT2D eigenvalue weighted by Gasteiger charge is -2.26. The van der Waals surface area contributed by atoms with Crippen molar-refractivity contribution >= 4 is 17.7 Å². The maximum atomic E-state index is 12.3. The van der Waals surface area contributed by atoms with Gasteiger partial charge in [-0.05, 0) is 31.6 Å². The number of carbonyl (C=O) groups excluding carboxylic acids is 3. The van der Waals surface area contributed by atoms with Crippen molar-refractivity contribution in [2.45, 2.75) is 78.0 Å². The third-order valence-electron chi connectivity index (χ3n) is 4.42. The second-order valence-corrected chi connectivity index (χ2v) is 6.90. The van der Waals surface area contributed by atoms with Crippen LogP contribution in [0.25, 0.3) is 0 Å². The van der Waals surface area contributed by atoms with Crippen LogP contribution in [0.15, 0.2) is 0 Å². The zero-order valence-electron chi connectivity index (χ0n) is 14.6. The number of cyclic esters (lactones) is 1. The second kappa shape index (κ2) is 9.01. The number of ketones is 1. The first-order valence-corrected chi connectivity index (χ1v) is 8.53. The minimum Gasteiger partial charge on any atom is -0.451 e. The quantitative estimate of drug-likeness (QED) is 0.712. The summed E-state index contributed by atoms with van der Waals surface area (Å²) in [5.41, 5.74) is 5.97. The molecular formula is C17H30N2O4. The highest BCUT2D eigenvalue weighted by Gasteiger charge is 2.32. The van der Waals surface area contributed by atoms with Gasteiger partial charge in [0.05, 0.1) is 6.04 Å². The lowest BCUT2D eigenvalue weighted by Crippen LogP contribution is -2.49. The molecule has 1 aliphatic rings. The summed E-state index contributed by atoms with van der Waals surface area (Å²) in [6, 6.07) is -1.30. The molecule has 23 heavy (non-hydrogen) atoms. The minimum absolute atomic E-state index is 0.00833. The van der Waals surface area contributed by atoms with E-state index in [2.05, 4.69) is 5.32 Å². The average molecular weight is 326 g/mol. The normalized spacial score (nSPS) is 32.2. The Morgan fingerprint density at radius 3 is 2.39 bits per heavy atom. The molecule has 6 heteroatoms. The van der Waals surface area contributed by atoms with Crippen molar-refractivity contribution < 1.29 is 19.1 Å². The van der Waals surface area contributed by atoms with Crippen LogP contribution < -0.4 is 11.1 Å². The van der Waals surface area contributed by atoms with Crippen LogP contribution in [0.4, 0.5) is 0 Å². The molecule has 0 aromatic rings. The number of hydrogen-bond donors (Lipinski definition) is 2. The number of esters is 1. The topological polar surface area (TPSA) is 98.5 Å². The average Bonchev–Trinajstić information content (AvgIpc) is 2.49. The molecule has 0 aromatic carbocycles. The van der Waals surface area contributed by atoms with Gasteiger partial charge in [-0.3, -0.25) is 14.4 Å². The van der Waals surface area contributed by atoms with Gasteiger partial charge in [0, 0.05) is 6.42 Å². The van der Waals surface area contributed by atoms with Crippen molar-refractivity contribution in [1.29, 1.82) is 0 Å². The van der Waals surface area contributed by atoms with Gasteiger partial charge >= 0.3 is 5.97 Å². The Hall–Kier alpha value is -1.43. The fourth-order valence-electron chi connectivity index (χ4n) is 2.64. The predicted molar refractivity (Wildman–Crippen MR) is 87.6 cm³/mol. The molecule has 6 nitrogen and oxygen atoms in total. The summed E-state index contributed by atoms with van der Waals surface area (Å²) < 4.78 is 5.35. The van der Waals surface area contributed by atoms with Gasteiger partial charge in [-0.15, -0.1) is 0 Å². The van der Waals surface area contributed by atoms with Crippen LogP contribution in [0.2, 0.25) is 0 Å². The number of Topliss-reactive ketones (excluding diaryl/α,β-unsaturated/α-hetero) is 1. The third kappa shape index (κ3) is 5.94. The van der Waals surface area contributed by atoms with E-state index in [-0.39, 0.29) is 17.6 Å². The standard InChI is InChI=1S/C17H30N2O4/c1-10(2)15-16(21)19-12(4)13(20)9-7-5-6-8-11(3)14(18)17(22)23-15/h10-12,14-15H,5-9,18H2,1-4H3,(H,19,21). The van der Waals surface area contributed by atoms with Gasteiger partial charge < -0.3 is 15.8 Å². The highest BCUT2D eigenvalue weighted by molar-refractivity contribution is 5.91. The molecule has 0 saturated carbocycles. The molecule has 1 rings (SSSR count). The first kappa shape index (κ1) is 19.6. The molecule has 0 bridgehead atoms. The van der Waals surface area contributed by atoms with Crippen LogP contribution in [0.5, 0.6) is 0 Å². The fourth-order valence-corrected chi connectivity index (χ4v) is 2.64. The maximum absolute atomic E-state index is 12.3. The zero-order chi connectivity index (χ0) is 17.6. The summed E-state index contributed by atoms with van der Waals surface area (Å²) in [6.07, 6.45) is 2.95. The van der Waals surface area contributed by atoms with Crippen LogP contribution in [0.3, 0.4) is 0 Å². The molecule has 0 radical (unpaired) electrons. The highest BCUT2D eigenvalue weighted by atomic mass is 16.5. The van der Waals surface area contributed by atoms with E-state index < -0.39 is 30.1 Å². The Labute approximate surface area is 138 Å². The number of nitrogens with one attached hydrogen (secondary N) is 1. The van der Waals surface area contributed by atoms with E-state index in [1.807, 2.05) is 6.92 Å². The number of amides is 1. The van der Waals surface area contributed by atoms with E-state index in [9.17, 15) is 14.4 Å². The van der Waals surface area contributed by atoms with Crippen molar-refractivity contribution in [2.75, 3.05) is 0 Å². The molecule has 1 fully saturated rings. The van der Waals surface area contributed by atoms with Crippen molar-refractivity contribution in [3.8, 4) is 0 Å². The Morgan fingerprint density at radius 1 is 1.13 bits per heavy atom. The molecule has 3 N–H and O–H groups in total. The molecule has 0 spiro atoms. The zero-order valence-corrected chi connectivity index (χ0v) is 14.6. The Balaban J connectivity index is 2.91. The highest BCUT2D eigenvalue weighted by Crippen LogP contribution is 2.17. The second-order valence-electron chi connectivity index (χ2n) is 6.90. The van der Waals surface area contributed by atoms with Crippen LogP contribution in [-0.4, -0.2) is 35.8 Å². The summed E-state index contributed by atoms with van der Waals surface area (Å²) in [6.45, 7) is 7.17. The van der Waals surface area contributed by atoms with E-state index in [1.165, 1.54) is 0 Å². The Bertz CT molecular complexity index is 436. The molecule has 132 valence electrons. The van der Waals surface area contributed by atoms with Gasteiger partial charge in [-0.1, -0.05) is 33.6 Å². The first-order chi connectivity index (χ1) is 10.7. The van der Waals surface area contributed by atoms with Crippen molar-refractivity contribution in [1.82, 2.24) is 5.32 Å². The van der Waals surface area contributed by atoms with Crippen LogP contribution >= 0.6 is 0 Å². The Kier molecular flexibility index (Phi) is 7.68. The van der Waals surface area contributed by atoms with Crippen molar-refractivity contribution in [3.05, 3.63) is 0 Å². The van der Waals surface area contributed by atoms with E-state index in [1.54, 1.807) is 20.8 Å². The van der Waals surface area contributed by atoms with Crippen molar-refractivity contribution in [3.63, 3.8) is 0 Å². The van der Waals surface area contributed by atoms with E-state index in [0.717, 1.165) is 25.7 Å². The SMILES string of the molecule is CC1NC(=O)C(C(C)C)OC(=O)C(N)C(C)CCCCCC1=O. The van der Waals surface area contributed by atoms with Gasteiger partial charge in [-0.2, -0.15) is 0 Å². The number of carbonyl (C=O) groups is 3. The minimum atomic E-state index is -0.932. The molecule has 1 saturated heterocycles. The smallest absolute Gasteiger partial charge is 0.323 e. The molecule has 1 aliphatic heterocycles. The first-order valence-electron chi connectivity index (χ1n) is 8.53. The number of rotatable bonds is 1. The predicted octanol–water partition coefficient (Wildman–Crippen LogP) is 1.56. The van der Waals surface area contributed by atoms with Crippen LogP contribution in [0, 0.1) is 11.8 Å². The summed E-state index contributed by atoms with van der Waals surface area (Å²) in [4.78, 5) is 36.6. The molecule has 0 aliphatic carbocycles. The van der Waals surface area contributed by atoms with E-state index >= 15 is 0 Å². The third-order valence-corrected chi connectivity index (χ3v) is 4.42. The summed E-state index contributed by atoms with van der Waals surface area (Å²) in [7, 11) is 0. The lowest BCUT2D eigenvalue weighted by atomic mass is 9.94. The molecule has 4 unspecified atom stereocenters. The van der Waals surface area contributed by atoms with Gasteiger partial charge in [0.1, 0.15) is 6.04 Å². The monoisotopic (exact) mass is 326 g/mol. The van der Waals surface area contributed by atoms with Gasteiger partial charge in [0.2, 0.25) is 0 Å². The summed E-state index contributed by atoms with van der Waals surface area (Å²) in [5.74, 6) is -1.20. The molecule has 1 heterocycles. The largest absolute Gasteiger partial charge is 0.451 e. The summed E-state index contributed by atoms with van der Waals surface area (Å²) in [5, 5.41) is 2.66. The van der Waals surface area contributed by atoms with Crippen molar-refractivity contribution in [2.24, 2.45) is 17.6 Å². The Morgan fingerprint density at radius 2 is 1.78 bits per heavy atom. The van der Waals surface area contributed by atoms with Crippen LogP contribution in [-0.2, 0) is 19.1 Å². The molecule has 0 aromatic heterocycles. The van der Waals surface area contributed by atoms with Gasteiger partial charge in [0.25, 0.3) is 5.91 Å². The van der Waals surface area contributed by atoms with Gasteiger partial charge in [-0.25, -0.2) is 0 Å². The van der Waals surface area contributed by atoms with E-state index in [4.69, 9.17) is 10.5 Å². The maximum Gasteiger partial charge on any atom is 0.323 e. The van der Waals surface area contributed by atoms with Crippen LogP contribution in [0.1, 0.15) is 59.8 Å². The number of hydrogen-bond acceptors (Lipinski definition) is 5. The fraction of sp³-hybridized carbons (Fsp3) is 0.824. The summed E-state index contributed by atoms with van der Waals surface area (Å²) >= 11 is 0. The molecule has 4 atom stereocenters. The number of nitrogens with two attached hydrogens (primary N) is 1. The number of ether oxygens (including phenoxy) is 1. The lowest BCUT2D eigenvalue weighted by molar-refractivity contribution is -0.161. The molecular weight excluding hydrogens is 296 g/mol. The molecule has 1 amide bonds. The van der Waals surface area contributed by atoms with Gasteiger partial charge in [0.15, 0.2) is 11.9 Å².